The maximum Gasteiger partial charge on any atom is 0.328 e. The van der Waals surface area contributed by atoms with Gasteiger partial charge < -0.3 is 40.7 Å². The lowest BCUT2D eigenvalue weighted by Crippen LogP contribution is -2.63. The summed E-state index contributed by atoms with van der Waals surface area (Å²) in [5, 5.41) is 11.3. The molecule has 56 heavy (non-hydrogen) atoms. The fraction of sp³-hybridized carbons (Fsp3) is 0.525. The Balaban J connectivity index is 1.31. The predicted octanol–water partition coefficient (Wildman–Crippen LogP) is 2.62. The van der Waals surface area contributed by atoms with Crippen LogP contribution in [-0.2, 0) is 39.9 Å². The molecule has 300 valence electrons. The molecule has 0 unspecified atom stereocenters. The molecule has 7 atom stereocenters. The molecule has 0 spiro atoms. The Morgan fingerprint density at radius 1 is 0.839 bits per heavy atom. The largest absolute Gasteiger partial charge is 0.461 e. The number of urea groups is 1. The first kappa shape index (κ1) is 40.5. The van der Waals surface area contributed by atoms with E-state index in [1.807, 2.05) is 13.0 Å². The van der Waals surface area contributed by atoms with E-state index in [1.54, 1.807) is 55.5 Å². The minimum Gasteiger partial charge on any atom is -0.461 e. The molecular weight excluding hydrogens is 742 g/mol. The number of amides is 7. The van der Waals surface area contributed by atoms with Crippen LogP contribution >= 0.6 is 11.6 Å². The lowest BCUT2D eigenvalue weighted by molar-refractivity contribution is -0.160. The van der Waals surface area contributed by atoms with Crippen LogP contribution in [0.5, 0.6) is 0 Å². The number of fused-ring (bicyclic) bond motifs is 3. The number of halogens is 1. The average molecular weight is 792 g/mol. The number of cyclic esters (lactones) is 1. The zero-order chi connectivity index (χ0) is 39.9. The van der Waals surface area contributed by atoms with Crippen molar-refractivity contribution in [3.05, 3.63) is 65.2 Å². The number of carbonyl (C=O) groups excluding carboxylic acids is 7. The van der Waals surface area contributed by atoms with Crippen LogP contribution in [0.25, 0.3) is 0 Å². The molecule has 6 rings (SSSR count). The van der Waals surface area contributed by atoms with Gasteiger partial charge in [0.15, 0.2) is 0 Å². The first-order valence-corrected chi connectivity index (χ1v) is 19.8. The fourth-order valence-electron chi connectivity index (χ4n) is 8.10. The lowest BCUT2D eigenvalue weighted by Gasteiger charge is -2.42. The second kappa shape index (κ2) is 18.2. The van der Waals surface area contributed by atoms with Crippen molar-refractivity contribution >= 4 is 58.8 Å². The van der Waals surface area contributed by atoms with E-state index in [0.29, 0.717) is 62.2 Å². The zero-order valence-electron chi connectivity index (χ0n) is 31.7. The number of benzene rings is 2. The Morgan fingerprint density at radius 2 is 1.54 bits per heavy atom. The number of piperidine rings is 2. The summed E-state index contributed by atoms with van der Waals surface area (Å²) in [5.41, 5.74) is 1.12. The van der Waals surface area contributed by atoms with Gasteiger partial charge in [0.25, 0.3) is 0 Å². The monoisotopic (exact) mass is 791 g/mol. The van der Waals surface area contributed by atoms with Crippen molar-refractivity contribution in [1.29, 1.82) is 0 Å². The third-order valence-corrected chi connectivity index (χ3v) is 11.2. The third-order valence-electron chi connectivity index (χ3n) is 10.9. The van der Waals surface area contributed by atoms with E-state index < -0.39 is 78.5 Å². The summed E-state index contributed by atoms with van der Waals surface area (Å²) in [6.07, 6.45) is 3.72. The first-order chi connectivity index (χ1) is 26.9. The molecule has 7 amide bonds. The number of ether oxygens (including phenoxy) is 1. The summed E-state index contributed by atoms with van der Waals surface area (Å²) >= 11 is 6.10. The standard InChI is InChI=1S/C40H50ClN7O8/c1-24-19-33-39(54)56-23-30(44-34(49)29(20-26-11-4-3-5-12-26)45-40(55)43-28-14-10-13-27(41)21-28)37(52)47-18-9-7-16-32(47)38(53)46-17-8-6-15-31(46)35(50)42-25(2)36(51)48(33)22-24/h3-5,10-14,21,24-25,29-33H,6-9,15-20,22-23H2,1-2H3,(H,42,50)(H,44,49)(H2,43,45,55)/t24-,25+,29+,30+,31+,32+,33+/m1/s1. The molecule has 0 bridgehead atoms. The van der Waals surface area contributed by atoms with Gasteiger partial charge in [0.05, 0.1) is 0 Å². The van der Waals surface area contributed by atoms with Crippen LogP contribution in [0, 0.1) is 5.92 Å². The number of hydrogen-bond acceptors (Lipinski definition) is 8. The number of anilines is 1. The third kappa shape index (κ3) is 9.60. The van der Waals surface area contributed by atoms with Crippen LogP contribution in [0.4, 0.5) is 10.5 Å². The molecule has 4 fully saturated rings. The lowest BCUT2D eigenvalue weighted by atomic mass is 9.95. The summed E-state index contributed by atoms with van der Waals surface area (Å²) in [7, 11) is 0. The van der Waals surface area contributed by atoms with Gasteiger partial charge in [-0.3, -0.25) is 24.0 Å². The first-order valence-electron chi connectivity index (χ1n) is 19.5. The molecule has 4 N–H and O–H groups in total. The van der Waals surface area contributed by atoms with Gasteiger partial charge in [-0.2, -0.15) is 0 Å². The second-order valence-electron chi connectivity index (χ2n) is 15.2. The summed E-state index contributed by atoms with van der Waals surface area (Å²) in [6.45, 7) is 3.64. The Kier molecular flexibility index (Phi) is 13.1. The molecule has 0 aliphatic carbocycles. The predicted molar refractivity (Wildman–Crippen MR) is 206 cm³/mol. The summed E-state index contributed by atoms with van der Waals surface area (Å²) in [5.74, 6) is -3.50. The molecule has 0 aromatic heterocycles. The van der Waals surface area contributed by atoms with Gasteiger partial charge in [0, 0.05) is 36.8 Å². The van der Waals surface area contributed by atoms with Crippen molar-refractivity contribution < 1.29 is 38.3 Å². The minimum atomic E-state index is -1.45. The van der Waals surface area contributed by atoms with Crippen molar-refractivity contribution in [2.24, 2.45) is 5.92 Å². The molecule has 0 radical (unpaired) electrons. The molecule has 15 nitrogen and oxygen atoms in total. The SMILES string of the molecule is C[C@@H]1C[C@H]2C(=O)OC[C@H](NC(=O)[C@H](Cc3ccccc3)NC(=O)Nc3cccc(Cl)c3)C(=O)N3CCCC[C@H]3C(=O)N3CCCC[C@H]3C(=O)N[C@@H](C)C(=O)N2C1. The Morgan fingerprint density at radius 3 is 2.25 bits per heavy atom. The highest BCUT2D eigenvalue weighted by Gasteiger charge is 2.45. The highest BCUT2D eigenvalue weighted by atomic mass is 35.5. The van der Waals surface area contributed by atoms with E-state index >= 15 is 0 Å². The van der Waals surface area contributed by atoms with Crippen LogP contribution in [0.1, 0.15) is 64.4 Å². The molecule has 4 saturated heterocycles. The fourth-order valence-corrected chi connectivity index (χ4v) is 8.29. The number of hydrogen-bond donors (Lipinski definition) is 4. The molecule has 2 aromatic rings. The Hall–Kier alpha value is -5.18. The molecule has 4 aliphatic heterocycles. The maximum absolute atomic E-state index is 14.6. The summed E-state index contributed by atoms with van der Waals surface area (Å²) < 4.78 is 5.77. The van der Waals surface area contributed by atoms with Crippen LogP contribution in [-0.4, -0.2) is 119 Å². The van der Waals surface area contributed by atoms with Gasteiger partial charge in [0.2, 0.25) is 29.5 Å². The van der Waals surface area contributed by atoms with Gasteiger partial charge in [-0.05, 0) is 81.5 Å². The number of nitrogens with zero attached hydrogens (tertiary/aromatic N) is 3. The van der Waals surface area contributed by atoms with Crippen LogP contribution in [0.2, 0.25) is 5.02 Å². The van der Waals surface area contributed by atoms with Gasteiger partial charge in [-0.1, -0.05) is 54.9 Å². The number of carbonyl (C=O) groups is 7. The molecule has 16 heteroatoms. The smallest absolute Gasteiger partial charge is 0.328 e. The van der Waals surface area contributed by atoms with E-state index in [1.165, 1.54) is 14.7 Å². The van der Waals surface area contributed by atoms with Crippen LogP contribution in [0.15, 0.2) is 54.6 Å². The van der Waals surface area contributed by atoms with Gasteiger partial charge in [-0.25, -0.2) is 9.59 Å². The van der Waals surface area contributed by atoms with E-state index in [-0.39, 0.29) is 31.3 Å². The topological polar surface area (TPSA) is 187 Å². The van der Waals surface area contributed by atoms with Crippen LogP contribution in [0.3, 0.4) is 0 Å². The highest BCUT2D eigenvalue weighted by Crippen LogP contribution is 2.28. The Bertz CT molecular complexity index is 1810. The van der Waals surface area contributed by atoms with Crippen LogP contribution < -0.4 is 21.3 Å². The number of nitrogens with one attached hydrogen (secondary N) is 4. The average Bonchev–Trinajstić information content (AvgIpc) is 3.59. The molecule has 4 heterocycles. The second-order valence-corrected chi connectivity index (χ2v) is 15.6. The van der Waals surface area contributed by atoms with Gasteiger partial charge >= 0.3 is 12.0 Å². The van der Waals surface area contributed by atoms with Crippen molar-refractivity contribution in [3.8, 4) is 0 Å². The van der Waals surface area contributed by atoms with Crippen molar-refractivity contribution in [2.75, 3.05) is 31.6 Å². The van der Waals surface area contributed by atoms with E-state index in [2.05, 4.69) is 21.3 Å². The Labute approximate surface area is 331 Å². The normalized spacial score (nSPS) is 26.9. The van der Waals surface area contributed by atoms with Crippen molar-refractivity contribution in [1.82, 2.24) is 30.7 Å². The number of rotatable bonds is 6. The molecular formula is C40H50ClN7O8. The molecule has 2 aromatic carbocycles. The maximum atomic E-state index is 14.6. The highest BCUT2D eigenvalue weighted by molar-refractivity contribution is 6.30. The molecule has 4 aliphatic rings. The van der Waals surface area contributed by atoms with Gasteiger partial charge in [-0.15, -0.1) is 0 Å². The van der Waals surface area contributed by atoms with Crippen molar-refractivity contribution in [2.45, 2.75) is 101 Å². The van der Waals surface area contributed by atoms with E-state index in [4.69, 9.17) is 16.3 Å². The summed E-state index contributed by atoms with van der Waals surface area (Å²) in [4.78, 5) is 102. The molecule has 0 saturated carbocycles. The van der Waals surface area contributed by atoms with E-state index in [9.17, 15) is 33.6 Å². The summed E-state index contributed by atoms with van der Waals surface area (Å²) in [6, 6.07) is 8.44. The quantitative estimate of drug-likeness (QED) is 0.322. The van der Waals surface area contributed by atoms with Crippen molar-refractivity contribution in [3.63, 3.8) is 0 Å². The zero-order valence-corrected chi connectivity index (χ0v) is 32.5. The minimum absolute atomic E-state index is 0.0504. The van der Waals surface area contributed by atoms with Gasteiger partial charge in [0.1, 0.15) is 42.9 Å². The number of esters is 1. The van der Waals surface area contributed by atoms with E-state index in [0.717, 1.165) is 5.56 Å².